The zero-order chi connectivity index (χ0) is 20.1. The Balaban J connectivity index is 1.59. The molecule has 0 aromatic heterocycles. The van der Waals surface area contributed by atoms with E-state index in [4.69, 9.17) is 9.47 Å². The van der Waals surface area contributed by atoms with Crippen LogP contribution >= 0.6 is 0 Å². The van der Waals surface area contributed by atoms with Gasteiger partial charge in [-0.1, -0.05) is 0 Å². The van der Waals surface area contributed by atoms with Crippen LogP contribution in [0.1, 0.15) is 46.0 Å². The van der Waals surface area contributed by atoms with E-state index in [0.717, 1.165) is 19.3 Å². The number of ether oxygens (including phenoxy) is 2. The van der Waals surface area contributed by atoms with Gasteiger partial charge in [0, 0.05) is 0 Å². The Morgan fingerprint density at radius 2 is 1.86 bits per heavy atom. The number of Topliss-reactive ketones (excluding diaryl/α,β-unsaturated/α-hetero) is 1. The predicted molar refractivity (Wildman–Crippen MR) is 115 cm³/mol. The van der Waals surface area contributed by atoms with Crippen LogP contribution in [0.2, 0.25) is 4.31 Å². The van der Waals surface area contributed by atoms with E-state index in [1.807, 2.05) is 0 Å². The molecule has 29 heavy (non-hydrogen) atoms. The van der Waals surface area contributed by atoms with Gasteiger partial charge in [-0.2, -0.15) is 0 Å². The fraction of sp³-hybridized carbons (Fsp3) is 0.640. The number of carbonyl (C=O) groups is 1. The number of benzene rings is 1. The molecule has 156 valence electrons. The van der Waals surface area contributed by atoms with Crippen molar-refractivity contribution in [2.75, 3.05) is 13.2 Å². The minimum absolute atomic E-state index is 0.162. The summed E-state index contributed by atoms with van der Waals surface area (Å²) in [6.07, 6.45) is 9.52. The van der Waals surface area contributed by atoms with Crippen molar-refractivity contribution >= 4 is 25.2 Å². The molecule has 4 aliphatic rings. The van der Waals surface area contributed by atoms with Gasteiger partial charge in [-0.3, -0.25) is 0 Å². The summed E-state index contributed by atoms with van der Waals surface area (Å²) in [5, 5.41) is 0. The molecule has 5 rings (SSSR count). The molecule has 0 N–H and O–H groups in total. The molecule has 3 aliphatic carbocycles. The van der Waals surface area contributed by atoms with Gasteiger partial charge in [-0.15, -0.1) is 0 Å². The predicted octanol–water partition coefficient (Wildman–Crippen LogP) is 4.16. The summed E-state index contributed by atoms with van der Waals surface area (Å²) in [6, 6.07) is 10.8. The van der Waals surface area contributed by atoms with Crippen molar-refractivity contribution in [3.05, 3.63) is 42.5 Å². The van der Waals surface area contributed by atoms with Crippen LogP contribution in [0.15, 0.2) is 42.5 Å². The number of hydrogen-bond donors (Lipinski definition) is 0. The van der Waals surface area contributed by atoms with E-state index in [9.17, 15) is 4.79 Å². The Morgan fingerprint density at radius 3 is 2.59 bits per heavy atom. The number of allylic oxidation sites excluding steroid dienone is 2. The third kappa shape index (κ3) is 3.19. The van der Waals surface area contributed by atoms with Crippen LogP contribution in [0, 0.1) is 29.6 Å². The SMILES string of the molecule is CC(C)[C@H]1CC[C@]2([Se]c3ccccc3)C(=O)C[C@H]3[C@H](C=CCCC34OCCO4)[C@H]12. The Morgan fingerprint density at radius 1 is 1.10 bits per heavy atom. The first kappa shape index (κ1) is 20.0. The molecule has 1 aromatic rings. The van der Waals surface area contributed by atoms with Gasteiger partial charge in [-0.25, -0.2) is 0 Å². The molecular formula is C25H32O3Se. The molecule has 1 aliphatic heterocycles. The number of hydrogen-bond acceptors (Lipinski definition) is 3. The second kappa shape index (κ2) is 7.64. The van der Waals surface area contributed by atoms with Crippen LogP contribution in [0.3, 0.4) is 0 Å². The fourth-order valence-electron chi connectivity index (χ4n) is 6.63. The van der Waals surface area contributed by atoms with E-state index in [1.54, 1.807) is 0 Å². The molecule has 0 unspecified atom stereocenters. The molecule has 3 fully saturated rings. The van der Waals surface area contributed by atoms with Crippen molar-refractivity contribution in [2.24, 2.45) is 29.6 Å². The number of rotatable bonds is 3. The van der Waals surface area contributed by atoms with E-state index in [-0.39, 0.29) is 25.2 Å². The summed E-state index contributed by atoms with van der Waals surface area (Å²) >= 11 is 0.162. The van der Waals surface area contributed by atoms with Crippen molar-refractivity contribution in [2.45, 2.75) is 56.1 Å². The molecule has 5 atom stereocenters. The van der Waals surface area contributed by atoms with E-state index in [0.29, 0.717) is 49.1 Å². The van der Waals surface area contributed by atoms with Gasteiger partial charge in [0.25, 0.3) is 0 Å². The first-order valence-corrected chi connectivity index (χ1v) is 13.0. The van der Waals surface area contributed by atoms with Crippen LogP contribution in [-0.4, -0.2) is 39.7 Å². The summed E-state index contributed by atoms with van der Waals surface area (Å²) in [5.41, 5.74) is 0. The molecule has 0 radical (unpaired) electrons. The van der Waals surface area contributed by atoms with Gasteiger partial charge in [-0.05, 0) is 0 Å². The first-order chi connectivity index (χ1) is 14.1. The zero-order valence-electron chi connectivity index (χ0n) is 17.5. The summed E-state index contributed by atoms with van der Waals surface area (Å²) < 4.78 is 13.7. The summed E-state index contributed by atoms with van der Waals surface area (Å²) in [7, 11) is 0. The zero-order valence-corrected chi connectivity index (χ0v) is 19.2. The molecule has 1 heterocycles. The second-order valence-electron chi connectivity index (χ2n) is 9.56. The molecule has 2 saturated carbocycles. The van der Waals surface area contributed by atoms with E-state index >= 15 is 0 Å². The van der Waals surface area contributed by atoms with Crippen molar-refractivity contribution in [1.29, 1.82) is 0 Å². The van der Waals surface area contributed by atoms with E-state index in [2.05, 4.69) is 56.3 Å². The molecule has 1 saturated heterocycles. The first-order valence-electron chi connectivity index (χ1n) is 11.3. The average Bonchev–Trinajstić information content (AvgIpc) is 3.29. The molecule has 3 nitrogen and oxygen atoms in total. The Labute approximate surface area is 180 Å². The van der Waals surface area contributed by atoms with E-state index < -0.39 is 5.79 Å². The van der Waals surface area contributed by atoms with Gasteiger partial charge in [0.1, 0.15) is 0 Å². The summed E-state index contributed by atoms with van der Waals surface area (Å²) in [6.45, 7) is 6.02. The summed E-state index contributed by atoms with van der Waals surface area (Å²) in [4.78, 5) is 14.0. The molecule has 0 bridgehead atoms. The van der Waals surface area contributed by atoms with Crippen molar-refractivity contribution in [3.63, 3.8) is 0 Å². The van der Waals surface area contributed by atoms with Crippen LogP contribution in [0.25, 0.3) is 0 Å². The molecule has 1 aromatic carbocycles. The Hall–Kier alpha value is -0.931. The van der Waals surface area contributed by atoms with Crippen LogP contribution in [-0.2, 0) is 14.3 Å². The van der Waals surface area contributed by atoms with Crippen molar-refractivity contribution in [3.8, 4) is 0 Å². The van der Waals surface area contributed by atoms with Crippen LogP contribution in [0.4, 0.5) is 0 Å². The average molecular weight is 459 g/mol. The molecule has 0 amide bonds. The summed E-state index contributed by atoms with van der Waals surface area (Å²) in [5.74, 6) is 2.10. The Bertz CT molecular complexity index is 783. The van der Waals surface area contributed by atoms with Gasteiger partial charge >= 0.3 is 181 Å². The quantitative estimate of drug-likeness (QED) is 0.503. The molecule has 4 heteroatoms. The number of fused-ring (bicyclic) bond motifs is 4. The third-order valence-electron chi connectivity index (χ3n) is 7.86. The standard InChI is InChI=1S/C25H32O3Se/c1-17(2)19-11-13-24(29-18-8-4-3-5-9-18)22(26)16-21-20(23(19)24)10-6-7-12-25(21)27-14-15-28-25/h3-6,8-10,17,19-21,23H,7,11-16H2,1-2H3/t19-,20+,21+,23+,24+/m1/s1. The van der Waals surface area contributed by atoms with Crippen molar-refractivity contribution in [1.82, 2.24) is 0 Å². The van der Waals surface area contributed by atoms with Gasteiger partial charge in [0.15, 0.2) is 0 Å². The maximum absolute atomic E-state index is 14.0. The Kier molecular flexibility index (Phi) is 5.27. The van der Waals surface area contributed by atoms with Crippen molar-refractivity contribution < 1.29 is 14.3 Å². The van der Waals surface area contributed by atoms with Gasteiger partial charge < -0.3 is 0 Å². The third-order valence-corrected chi connectivity index (χ3v) is 11.2. The number of ketones is 1. The fourth-order valence-corrected chi connectivity index (χ4v) is 9.99. The topological polar surface area (TPSA) is 35.5 Å². The number of carbonyl (C=O) groups excluding carboxylic acids is 1. The minimum atomic E-state index is -0.542. The molecular weight excluding hydrogens is 427 g/mol. The van der Waals surface area contributed by atoms with E-state index in [1.165, 1.54) is 10.9 Å². The van der Waals surface area contributed by atoms with Gasteiger partial charge in [0.2, 0.25) is 0 Å². The normalized spacial score (nSPS) is 38.2. The monoisotopic (exact) mass is 460 g/mol. The van der Waals surface area contributed by atoms with Gasteiger partial charge in [0.05, 0.1) is 0 Å². The molecule has 1 spiro atoms. The second-order valence-corrected chi connectivity index (χ2v) is 12.5. The maximum atomic E-state index is 14.0. The van der Waals surface area contributed by atoms with Crippen LogP contribution in [0.5, 0.6) is 0 Å². The van der Waals surface area contributed by atoms with Crippen LogP contribution < -0.4 is 4.46 Å².